The van der Waals surface area contributed by atoms with E-state index in [9.17, 15) is 5.26 Å². The largest absolute Gasteiger partial charge is 0.377 e. The molecule has 0 saturated carbocycles. The van der Waals surface area contributed by atoms with Gasteiger partial charge in [0.25, 0.3) is 0 Å². The molecule has 0 spiro atoms. The molecule has 0 N–H and O–H groups in total. The summed E-state index contributed by atoms with van der Waals surface area (Å²) in [7, 11) is 0. The Hall–Kier alpha value is -0.960. The number of likely N-dealkylation sites (tertiary alicyclic amines) is 1. The lowest BCUT2D eigenvalue weighted by molar-refractivity contribution is 0.0570. The van der Waals surface area contributed by atoms with Crippen LogP contribution in [0.25, 0.3) is 0 Å². The van der Waals surface area contributed by atoms with Gasteiger partial charge >= 0.3 is 0 Å². The van der Waals surface area contributed by atoms with Gasteiger partial charge in [0.15, 0.2) is 0 Å². The van der Waals surface area contributed by atoms with Crippen LogP contribution in [-0.2, 0) is 10.2 Å². The van der Waals surface area contributed by atoms with Crippen molar-refractivity contribution in [1.29, 1.82) is 5.26 Å². The zero-order chi connectivity index (χ0) is 14.9. The normalized spacial score (nSPS) is 29.2. The maximum atomic E-state index is 9.72. The minimum absolute atomic E-state index is 0.311. The van der Waals surface area contributed by atoms with E-state index >= 15 is 0 Å². The van der Waals surface area contributed by atoms with Crippen LogP contribution in [0.3, 0.4) is 0 Å². The van der Waals surface area contributed by atoms with E-state index < -0.39 is 5.41 Å². The van der Waals surface area contributed by atoms with E-state index in [1.807, 2.05) is 12.1 Å². The molecule has 2 fully saturated rings. The molecule has 2 aliphatic heterocycles. The van der Waals surface area contributed by atoms with E-state index in [1.165, 1.54) is 0 Å². The Morgan fingerprint density at radius 2 is 2.19 bits per heavy atom. The standard InChI is InChI=1S/C16H20BrN3O/c1-12-14(4-9-21-12)20-7-5-16(11-18,6-8-20)15-3-2-13(17)10-19-15/h2-3,10,12,14H,4-9H2,1H3/t12-,14-/m1/s1. The van der Waals surface area contributed by atoms with Crippen molar-refractivity contribution in [2.45, 2.75) is 43.7 Å². The Morgan fingerprint density at radius 1 is 1.43 bits per heavy atom. The van der Waals surface area contributed by atoms with E-state index in [-0.39, 0.29) is 0 Å². The number of ether oxygens (including phenoxy) is 1. The van der Waals surface area contributed by atoms with Crippen molar-refractivity contribution in [2.75, 3.05) is 19.7 Å². The summed E-state index contributed by atoms with van der Waals surface area (Å²) in [5.74, 6) is 0. The highest BCUT2D eigenvalue weighted by Crippen LogP contribution is 2.36. The van der Waals surface area contributed by atoms with Crippen molar-refractivity contribution in [3.63, 3.8) is 0 Å². The number of hydrogen-bond acceptors (Lipinski definition) is 4. The van der Waals surface area contributed by atoms with Gasteiger partial charge < -0.3 is 4.74 Å². The highest BCUT2D eigenvalue weighted by molar-refractivity contribution is 9.10. The van der Waals surface area contributed by atoms with Crippen LogP contribution in [-0.4, -0.2) is 41.7 Å². The molecule has 112 valence electrons. The lowest BCUT2D eigenvalue weighted by Crippen LogP contribution is -2.48. The van der Waals surface area contributed by atoms with Gasteiger partial charge in [-0.2, -0.15) is 5.26 Å². The smallest absolute Gasteiger partial charge is 0.102 e. The molecule has 4 nitrogen and oxygen atoms in total. The van der Waals surface area contributed by atoms with Crippen LogP contribution in [0.5, 0.6) is 0 Å². The van der Waals surface area contributed by atoms with Crippen LogP contribution in [0.2, 0.25) is 0 Å². The summed E-state index contributed by atoms with van der Waals surface area (Å²) in [6.45, 7) is 4.91. The summed E-state index contributed by atoms with van der Waals surface area (Å²) in [4.78, 5) is 6.96. The predicted octanol–water partition coefficient (Wildman–Crippen LogP) is 2.88. The van der Waals surface area contributed by atoms with Gasteiger partial charge in [0.05, 0.1) is 17.9 Å². The highest BCUT2D eigenvalue weighted by Gasteiger charge is 2.41. The highest BCUT2D eigenvalue weighted by atomic mass is 79.9. The first-order chi connectivity index (χ1) is 10.1. The average molecular weight is 350 g/mol. The summed E-state index contributed by atoms with van der Waals surface area (Å²) in [5, 5.41) is 9.72. The summed E-state index contributed by atoms with van der Waals surface area (Å²) in [5.41, 5.74) is 0.475. The molecule has 2 aliphatic rings. The Balaban J connectivity index is 1.73. The summed E-state index contributed by atoms with van der Waals surface area (Å²) < 4.78 is 6.62. The quantitative estimate of drug-likeness (QED) is 0.823. The van der Waals surface area contributed by atoms with Crippen LogP contribution >= 0.6 is 15.9 Å². The molecule has 0 aliphatic carbocycles. The number of nitrogens with zero attached hydrogens (tertiary/aromatic N) is 3. The predicted molar refractivity (Wildman–Crippen MR) is 83.9 cm³/mol. The number of aromatic nitrogens is 1. The fourth-order valence-corrected chi connectivity index (χ4v) is 3.76. The Morgan fingerprint density at radius 3 is 2.71 bits per heavy atom. The van der Waals surface area contributed by atoms with Gasteiger partial charge in [0.2, 0.25) is 0 Å². The fraction of sp³-hybridized carbons (Fsp3) is 0.625. The van der Waals surface area contributed by atoms with E-state index in [0.717, 1.165) is 49.1 Å². The molecule has 1 aromatic rings. The molecule has 0 aromatic carbocycles. The SMILES string of the molecule is C[C@H]1OCC[C@H]1N1CCC(C#N)(c2ccc(Br)cn2)CC1. The van der Waals surface area contributed by atoms with Crippen molar-refractivity contribution in [3.8, 4) is 6.07 Å². The third kappa shape index (κ3) is 2.85. The molecule has 1 aromatic heterocycles. The lowest BCUT2D eigenvalue weighted by atomic mass is 9.76. The molecule has 2 saturated heterocycles. The number of rotatable bonds is 2. The first-order valence-electron chi connectivity index (χ1n) is 7.53. The molecule has 3 heterocycles. The van der Waals surface area contributed by atoms with E-state index in [2.05, 4.69) is 38.8 Å². The van der Waals surface area contributed by atoms with E-state index in [1.54, 1.807) is 6.20 Å². The molecule has 2 atom stereocenters. The zero-order valence-corrected chi connectivity index (χ0v) is 13.8. The number of piperidine rings is 1. The summed E-state index contributed by atoms with van der Waals surface area (Å²) in [6.07, 6.45) is 4.90. The third-order valence-corrected chi connectivity index (χ3v) is 5.36. The van der Waals surface area contributed by atoms with Gasteiger partial charge in [-0.05, 0) is 54.2 Å². The third-order valence-electron chi connectivity index (χ3n) is 4.89. The second kappa shape index (κ2) is 6.04. The fourth-order valence-electron chi connectivity index (χ4n) is 3.52. The average Bonchev–Trinajstić information content (AvgIpc) is 2.94. The molecule has 0 bridgehead atoms. The second-order valence-electron chi connectivity index (χ2n) is 6.02. The maximum Gasteiger partial charge on any atom is 0.102 e. The van der Waals surface area contributed by atoms with Gasteiger partial charge in [0.1, 0.15) is 5.41 Å². The molecule has 3 rings (SSSR count). The maximum absolute atomic E-state index is 9.72. The van der Waals surface area contributed by atoms with Crippen molar-refractivity contribution < 1.29 is 4.74 Å². The van der Waals surface area contributed by atoms with Crippen LogP contribution in [0, 0.1) is 11.3 Å². The van der Waals surface area contributed by atoms with Crippen molar-refractivity contribution in [2.24, 2.45) is 0 Å². The van der Waals surface area contributed by atoms with Crippen LogP contribution in [0.1, 0.15) is 31.9 Å². The Kier molecular flexibility index (Phi) is 4.30. The Labute approximate surface area is 134 Å². The molecular formula is C16H20BrN3O. The van der Waals surface area contributed by atoms with E-state index in [4.69, 9.17) is 4.74 Å². The van der Waals surface area contributed by atoms with Crippen molar-refractivity contribution in [3.05, 3.63) is 28.5 Å². The zero-order valence-electron chi connectivity index (χ0n) is 12.3. The molecule has 0 radical (unpaired) electrons. The number of halogens is 1. The van der Waals surface area contributed by atoms with Crippen molar-refractivity contribution in [1.82, 2.24) is 9.88 Å². The van der Waals surface area contributed by atoms with Gasteiger partial charge in [0, 0.05) is 36.4 Å². The van der Waals surface area contributed by atoms with Gasteiger partial charge in [-0.1, -0.05) is 0 Å². The van der Waals surface area contributed by atoms with Gasteiger partial charge in [-0.3, -0.25) is 9.88 Å². The first-order valence-corrected chi connectivity index (χ1v) is 8.33. The first kappa shape index (κ1) is 15.0. The van der Waals surface area contributed by atoms with Crippen LogP contribution < -0.4 is 0 Å². The molecule has 0 unspecified atom stereocenters. The minimum atomic E-state index is -0.431. The van der Waals surface area contributed by atoms with Crippen LogP contribution in [0.15, 0.2) is 22.8 Å². The number of nitriles is 1. The van der Waals surface area contributed by atoms with E-state index in [0.29, 0.717) is 12.1 Å². The van der Waals surface area contributed by atoms with Crippen LogP contribution in [0.4, 0.5) is 0 Å². The second-order valence-corrected chi connectivity index (χ2v) is 6.94. The molecular weight excluding hydrogens is 330 g/mol. The molecule has 0 amide bonds. The minimum Gasteiger partial charge on any atom is -0.377 e. The molecule has 21 heavy (non-hydrogen) atoms. The van der Waals surface area contributed by atoms with Gasteiger partial charge in [-0.15, -0.1) is 0 Å². The summed E-state index contributed by atoms with van der Waals surface area (Å²) >= 11 is 3.40. The van der Waals surface area contributed by atoms with Gasteiger partial charge in [-0.25, -0.2) is 0 Å². The Bertz CT molecular complexity index is 531. The summed E-state index contributed by atoms with van der Waals surface area (Å²) in [6, 6.07) is 7.00. The van der Waals surface area contributed by atoms with Crippen molar-refractivity contribution >= 4 is 15.9 Å². The topological polar surface area (TPSA) is 49.1 Å². The monoisotopic (exact) mass is 349 g/mol. The lowest BCUT2D eigenvalue weighted by Gasteiger charge is -2.40. The number of hydrogen-bond donors (Lipinski definition) is 0. The number of pyridine rings is 1. The molecule has 5 heteroatoms.